The summed E-state index contributed by atoms with van der Waals surface area (Å²) in [5, 5.41) is 0. The van der Waals surface area contributed by atoms with Gasteiger partial charge in [0.05, 0.1) is 0 Å². The van der Waals surface area contributed by atoms with Gasteiger partial charge in [-0.15, -0.1) is 0 Å². The summed E-state index contributed by atoms with van der Waals surface area (Å²) in [5.41, 5.74) is 1.05. The third-order valence-corrected chi connectivity index (χ3v) is 4.99. The molecule has 4 heteroatoms. The maximum absolute atomic E-state index is 13.5. The van der Waals surface area contributed by atoms with Crippen LogP contribution in [-0.2, 0) is 11.2 Å². The van der Waals surface area contributed by atoms with Crippen LogP contribution in [-0.4, -0.2) is 11.6 Å². The summed E-state index contributed by atoms with van der Waals surface area (Å²) in [7, 11) is 0. The minimum atomic E-state index is -0.423. The minimum absolute atomic E-state index is 0.114. The van der Waals surface area contributed by atoms with Gasteiger partial charge in [-0.05, 0) is 59.5 Å². The molecule has 94 valence electrons. The van der Waals surface area contributed by atoms with E-state index in [1.807, 2.05) is 22.6 Å². The van der Waals surface area contributed by atoms with Gasteiger partial charge in [0.1, 0.15) is 11.6 Å². The van der Waals surface area contributed by atoms with E-state index in [1.165, 1.54) is 6.07 Å². The van der Waals surface area contributed by atoms with Crippen LogP contribution >= 0.6 is 22.6 Å². The Hall–Kier alpha value is -0.780. The van der Waals surface area contributed by atoms with E-state index in [4.69, 9.17) is 0 Å². The Morgan fingerprint density at radius 3 is 2.50 bits per heavy atom. The normalized spacial score (nSPS) is 21.4. The minimum Gasteiger partial charge on any atom is -0.300 e. The summed E-state index contributed by atoms with van der Waals surface area (Å²) in [6, 6.07) is 3.14. The highest BCUT2D eigenvalue weighted by Crippen LogP contribution is 2.46. The van der Waals surface area contributed by atoms with Crippen LogP contribution in [0, 0.1) is 14.8 Å². The van der Waals surface area contributed by atoms with Gasteiger partial charge in [-0.2, -0.15) is 0 Å². The summed E-state index contributed by atoms with van der Waals surface area (Å²) < 4.78 is 14.0. The fourth-order valence-electron chi connectivity index (χ4n) is 3.09. The lowest BCUT2D eigenvalue weighted by molar-refractivity contribution is -0.121. The quantitative estimate of drug-likeness (QED) is 0.667. The van der Waals surface area contributed by atoms with Crippen molar-refractivity contribution in [3.05, 3.63) is 32.6 Å². The van der Waals surface area contributed by atoms with Crippen molar-refractivity contribution in [1.29, 1.82) is 0 Å². The molecule has 0 N–H and O–H groups in total. The van der Waals surface area contributed by atoms with E-state index in [-0.39, 0.29) is 17.4 Å². The van der Waals surface area contributed by atoms with Crippen molar-refractivity contribution >= 4 is 34.2 Å². The Labute approximate surface area is 118 Å². The lowest BCUT2D eigenvalue weighted by atomic mass is 9.71. The van der Waals surface area contributed by atoms with Gasteiger partial charge < -0.3 is 0 Å². The van der Waals surface area contributed by atoms with Gasteiger partial charge in [-0.3, -0.25) is 9.59 Å². The predicted octanol–water partition coefficient (Wildman–Crippen LogP) is 3.30. The summed E-state index contributed by atoms with van der Waals surface area (Å²) in [6.07, 6.45) is 2.82. The molecule has 1 aromatic carbocycles. The molecule has 1 fully saturated rings. The number of halogens is 2. The number of benzene rings is 1. The number of carbonyl (C=O) groups excluding carboxylic acids is 2. The van der Waals surface area contributed by atoms with Crippen molar-refractivity contribution in [3.8, 4) is 0 Å². The van der Waals surface area contributed by atoms with Crippen LogP contribution < -0.4 is 0 Å². The molecular weight excluding hydrogens is 346 g/mol. The molecule has 1 saturated carbocycles. The molecular formula is C14H12FIO2. The first-order chi connectivity index (χ1) is 8.52. The Morgan fingerprint density at radius 2 is 1.83 bits per heavy atom. The number of hydrogen-bond donors (Lipinski definition) is 0. The fraction of sp³-hybridized carbons (Fsp3) is 0.429. The number of carbonyl (C=O) groups is 2. The second-order valence-corrected chi connectivity index (χ2v) is 6.41. The van der Waals surface area contributed by atoms with E-state index < -0.39 is 5.41 Å². The lowest BCUT2D eigenvalue weighted by Crippen LogP contribution is -2.33. The van der Waals surface area contributed by atoms with Crippen LogP contribution in [0.3, 0.4) is 0 Å². The molecule has 0 radical (unpaired) electrons. The molecule has 2 aliphatic carbocycles. The van der Waals surface area contributed by atoms with E-state index in [9.17, 15) is 14.0 Å². The molecule has 0 unspecified atom stereocenters. The summed E-state index contributed by atoms with van der Waals surface area (Å²) in [4.78, 5) is 23.8. The Kier molecular flexibility index (Phi) is 2.80. The molecule has 2 aliphatic rings. The van der Waals surface area contributed by atoms with Crippen molar-refractivity contribution in [2.75, 3.05) is 0 Å². The highest BCUT2D eigenvalue weighted by atomic mass is 127. The molecule has 0 bridgehead atoms. The second-order valence-electron chi connectivity index (χ2n) is 5.25. The number of rotatable bonds is 0. The van der Waals surface area contributed by atoms with E-state index in [0.717, 1.165) is 5.56 Å². The average Bonchev–Trinajstić information content (AvgIpc) is 2.59. The van der Waals surface area contributed by atoms with Gasteiger partial charge in [0.25, 0.3) is 0 Å². The SMILES string of the molecule is O=C1CCC2(CC1)Cc1cc(F)c(I)cc1C2=O. The molecule has 0 aliphatic heterocycles. The van der Waals surface area contributed by atoms with E-state index in [2.05, 4.69) is 0 Å². The first kappa shape index (κ1) is 12.3. The van der Waals surface area contributed by atoms with Crippen LogP contribution in [0.25, 0.3) is 0 Å². The standard InChI is InChI=1S/C14H12FIO2/c15-11-5-8-7-14(3-1-9(17)2-4-14)13(18)10(8)6-12(11)16/h5-6H,1-4,7H2. The van der Waals surface area contributed by atoms with Crippen LogP contribution in [0.2, 0.25) is 0 Å². The van der Waals surface area contributed by atoms with Gasteiger partial charge in [-0.1, -0.05) is 0 Å². The second kappa shape index (κ2) is 4.11. The topological polar surface area (TPSA) is 34.1 Å². The number of hydrogen-bond acceptors (Lipinski definition) is 2. The van der Waals surface area contributed by atoms with Crippen molar-refractivity contribution < 1.29 is 14.0 Å². The average molecular weight is 358 g/mol. The van der Waals surface area contributed by atoms with Gasteiger partial charge in [0.15, 0.2) is 5.78 Å². The van der Waals surface area contributed by atoms with Gasteiger partial charge in [0, 0.05) is 27.4 Å². The van der Waals surface area contributed by atoms with E-state index >= 15 is 0 Å². The first-order valence-electron chi connectivity index (χ1n) is 6.06. The smallest absolute Gasteiger partial charge is 0.169 e. The Balaban J connectivity index is 2.01. The van der Waals surface area contributed by atoms with Crippen molar-refractivity contribution in [3.63, 3.8) is 0 Å². The zero-order chi connectivity index (χ0) is 12.9. The third-order valence-electron chi connectivity index (χ3n) is 4.17. The van der Waals surface area contributed by atoms with Gasteiger partial charge >= 0.3 is 0 Å². The summed E-state index contributed by atoms with van der Waals surface area (Å²) in [5.74, 6) is 0.0964. The van der Waals surface area contributed by atoms with Crippen LogP contribution in [0.4, 0.5) is 4.39 Å². The molecule has 0 atom stereocenters. The lowest BCUT2D eigenvalue weighted by Gasteiger charge is -2.30. The van der Waals surface area contributed by atoms with Crippen LogP contribution in [0.15, 0.2) is 12.1 Å². The molecule has 3 rings (SSSR count). The monoisotopic (exact) mass is 358 g/mol. The highest BCUT2D eigenvalue weighted by molar-refractivity contribution is 14.1. The molecule has 2 nitrogen and oxygen atoms in total. The van der Waals surface area contributed by atoms with Crippen LogP contribution in [0.5, 0.6) is 0 Å². The summed E-state index contributed by atoms with van der Waals surface area (Å²) in [6.45, 7) is 0. The maximum Gasteiger partial charge on any atom is 0.169 e. The van der Waals surface area contributed by atoms with Gasteiger partial charge in [-0.25, -0.2) is 4.39 Å². The first-order valence-corrected chi connectivity index (χ1v) is 7.14. The molecule has 1 spiro atoms. The Morgan fingerprint density at radius 1 is 1.17 bits per heavy atom. The fourth-order valence-corrected chi connectivity index (χ4v) is 3.55. The van der Waals surface area contributed by atoms with E-state index in [1.54, 1.807) is 6.07 Å². The number of Topliss-reactive ketones (excluding diaryl/α,β-unsaturated/α-hetero) is 2. The zero-order valence-corrected chi connectivity index (χ0v) is 11.9. The molecule has 0 aromatic heterocycles. The third kappa shape index (κ3) is 1.73. The molecule has 0 heterocycles. The highest BCUT2D eigenvalue weighted by Gasteiger charge is 2.47. The van der Waals surface area contributed by atoms with E-state index in [0.29, 0.717) is 41.2 Å². The molecule has 1 aromatic rings. The van der Waals surface area contributed by atoms with Gasteiger partial charge in [0.2, 0.25) is 0 Å². The number of ketones is 2. The predicted molar refractivity (Wildman–Crippen MR) is 73.1 cm³/mol. The maximum atomic E-state index is 13.5. The molecule has 0 amide bonds. The van der Waals surface area contributed by atoms with Crippen molar-refractivity contribution in [2.45, 2.75) is 32.1 Å². The number of fused-ring (bicyclic) bond motifs is 1. The Bertz CT molecular complexity index is 555. The van der Waals surface area contributed by atoms with Crippen LogP contribution in [0.1, 0.15) is 41.6 Å². The molecule has 18 heavy (non-hydrogen) atoms. The van der Waals surface area contributed by atoms with Crippen molar-refractivity contribution in [2.24, 2.45) is 5.41 Å². The molecule has 0 saturated heterocycles. The largest absolute Gasteiger partial charge is 0.300 e. The van der Waals surface area contributed by atoms with Crippen molar-refractivity contribution in [1.82, 2.24) is 0 Å². The summed E-state index contributed by atoms with van der Waals surface area (Å²) >= 11 is 1.91. The zero-order valence-electron chi connectivity index (χ0n) is 9.76.